The molecule has 0 unspecified atom stereocenters. The molecule has 3 aromatic rings. The number of benzene rings is 2. The van der Waals surface area contributed by atoms with Crippen molar-refractivity contribution in [2.75, 3.05) is 7.05 Å². The minimum atomic E-state index is -1.22. The SMILES string of the molecule is C[C@@H](NC(=O)[C@@H](CC12CCC(CC1)N2C)n1c(=O)[nH]c2ccc(F)cc2c1=O)c1ccc(F)cc1F. The molecular formula is C26H27F3N4O3. The van der Waals surface area contributed by atoms with E-state index in [4.69, 9.17) is 0 Å². The fourth-order valence-electron chi connectivity index (χ4n) is 6.00. The number of H-pyrrole nitrogens is 1. The number of aromatic amines is 1. The molecule has 3 heterocycles. The van der Waals surface area contributed by atoms with E-state index in [0.29, 0.717) is 6.04 Å². The number of halogens is 3. The third-order valence-corrected chi connectivity index (χ3v) is 8.05. The molecule has 5 rings (SSSR count). The lowest BCUT2D eigenvalue weighted by atomic mass is 9.82. The Labute approximate surface area is 204 Å². The van der Waals surface area contributed by atoms with Gasteiger partial charge >= 0.3 is 5.69 Å². The molecule has 7 nitrogen and oxygen atoms in total. The van der Waals surface area contributed by atoms with Gasteiger partial charge in [0.25, 0.3) is 5.56 Å². The van der Waals surface area contributed by atoms with Crippen molar-refractivity contribution in [3.05, 3.63) is 80.3 Å². The van der Waals surface area contributed by atoms with E-state index < -0.39 is 46.7 Å². The molecule has 0 radical (unpaired) electrons. The second kappa shape index (κ2) is 8.92. The molecule has 2 bridgehead atoms. The number of hydrogen-bond donors (Lipinski definition) is 2. The molecule has 190 valence electrons. The Morgan fingerprint density at radius 3 is 2.42 bits per heavy atom. The van der Waals surface area contributed by atoms with Crippen molar-refractivity contribution in [1.29, 1.82) is 0 Å². The zero-order chi connectivity index (χ0) is 25.8. The highest BCUT2D eigenvalue weighted by atomic mass is 19.1. The van der Waals surface area contributed by atoms with Crippen LogP contribution in [0, 0.1) is 17.5 Å². The summed E-state index contributed by atoms with van der Waals surface area (Å²) < 4.78 is 42.5. The Bertz CT molecular complexity index is 1460. The first-order chi connectivity index (χ1) is 17.1. The van der Waals surface area contributed by atoms with E-state index in [-0.39, 0.29) is 28.4 Å². The van der Waals surface area contributed by atoms with Crippen molar-refractivity contribution < 1.29 is 18.0 Å². The van der Waals surface area contributed by atoms with Crippen LogP contribution in [0.1, 0.15) is 56.7 Å². The molecule has 2 N–H and O–H groups in total. The molecule has 10 heteroatoms. The lowest BCUT2D eigenvalue weighted by Gasteiger charge is -2.36. The Morgan fingerprint density at radius 2 is 1.78 bits per heavy atom. The standard InChI is InChI=1S/C26H27F3N4O3/c1-14(18-5-3-16(28)12-20(18)29)30-23(34)22(13-26-9-7-17(8-10-26)32(26)2)33-24(35)19-11-15(27)4-6-21(19)31-25(33)36/h3-6,11-12,14,17,22H,7-10,13H2,1-2H3,(H,30,34)(H,31,36)/t14-,17?,22-,26?/m1/s1. The number of hydrogen-bond acceptors (Lipinski definition) is 4. The lowest BCUT2D eigenvalue weighted by molar-refractivity contribution is -0.126. The van der Waals surface area contributed by atoms with Crippen LogP contribution in [-0.2, 0) is 4.79 Å². The van der Waals surface area contributed by atoms with E-state index in [1.165, 1.54) is 12.1 Å². The maximum Gasteiger partial charge on any atom is 0.329 e. The lowest BCUT2D eigenvalue weighted by Crippen LogP contribution is -2.50. The maximum atomic E-state index is 14.4. The number of nitrogens with zero attached hydrogens (tertiary/aromatic N) is 2. The van der Waals surface area contributed by atoms with Gasteiger partial charge in [0.2, 0.25) is 5.91 Å². The van der Waals surface area contributed by atoms with Crippen LogP contribution in [0.15, 0.2) is 46.0 Å². The molecule has 2 saturated heterocycles. The van der Waals surface area contributed by atoms with Gasteiger partial charge in [-0.15, -0.1) is 0 Å². The maximum absolute atomic E-state index is 14.4. The first-order valence-corrected chi connectivity index (χ1v) is 12.0. The summed E-state index contributed by atoms with van der Waals surface area (Å²) in [6.45, 7) is 1.54. The molecule has 2 aliphatic heterocycles. The van der Waals surface area contributed by atoms with Crippen LogP contribution in [0.5, 0.6) is 0 Å². The minimum Gasteiger partial charge on any atom is -0.348 e. The fourth-order valence-corrected chi connectivity index (χ4v) is 6.00. The van der Waals surface area contributed by atoms with Gasteiger partial charge in [-0.05, 0) is 70.3 Å². The van der Waals surface area contributed by atoms with Crippen LogP contribution in [-0.4, -0.2) is 39.0 Å². The fraction of sp³-hybridized carbons (Fsp3) is 0.423. The molecule has 0 aliphatic carbocycles. The molecule has 36 heavy (non-hydrogen) atoms. The third-order valence-electron chi connectivity index (χ3n) is 8.05. The molecule has 2 aliphatic rings. The number of carbonyl (C=O) groups excluding carboxylic acids is 1. The van der Waals surface area contributed by atoms with Crippen LogP contribution in [0.25, 0.3) is 10.9 Å². The van der Waals surface area contributed by atoms with Gasteiger partial charge in [-0.25, -0.2) is 22.5 Å². The van der Waals surface area contributed by atoms with Crippen molar-refractivity contribution in [2.24, 2.45) is 0 Å². The molecule has 2 fully saturated rings. The van der Waals surface area contributed by atoms with E-state index in [1.807, 2.05) is 7.05 Å². The smallest absolute Gasteiger partial charge is 0.329 e. The van der Waals surface area contributed by atoms with E-state index in [2.05, 4.69) is 15.2 Å². The predicted octanol–water partition coefficient (Wildman–Crippen LogP) is 3.54. The molecule has 2 atom stereocenters. The van der Waals surface area contributed by atoms with Crippen molar-refractivity contribution in [3.63, 3.8) is 0 Å². The summed E-state index contributed by atoms with van der Waals surface area (Å²) in [4.78, 5) is 45.0. The highest BCUT2D eigenvalue weighted by molar-refractivity contribution is 5.82. The molecule has 2 aromatic carbocycles. The molecule has 0 spiro atoms. The van der Waals surface area contributed by atoms with Crippen molar-refractivity contribution >= 4 is 16.8 Å². The average Bonchev–Trinajstić information content (AvgIpc) is 3.30. The predicted molar refractivity (Wildman–Crippen MR) is 128 cm³/mol. The molecule has 0 saturated carbocycles. The van der Waals surface area contributed by atoms with Crippen LogP contribution in [0.2, 0.25) is 0 Å². The Kier molecular flexibility index (Phi) is 6.02. The van der Waals surface area contributed by atoms with Crippen LogP contribution in [0.3, 0.4) is 0 Å². The summed E-state index contributed by atoms with van der Waals surface area (Å²) in [6, 6.07) is 4.83. The van der Waals surface area contributed by atoms with E-state index in [0.717, 1.165) is 54.5 Å². The monoisotopic (exact) mass is 500 g/mol. The number of amides is 1. The Hall–Kier alpha value is -3.40. The normalized spacial score (nSPS) is 23.2. The zero-order valence-electron chi connectivity index (χ0n) is 20.0. The Balaban J connectivity index is 1.57. The van der Waals surface area contributed by atoms with E-state index in [9.17, 15) is 27.6 Å². The third kappa shape index (κ3) is 4.03. The van der Waals surface area contributed by atoms with Gasteiger partial charge < -0.3 is 10.3 Å². The van der Waals surface area contributed by atoms with Gasteiger partial charge in [-0.3, -0.25) is 14.5 Å². The van der Waals surface area contributed by atoms with Crippen LogP contribution in [0.4, 0.5) is 13.2 Å². The topological polar surface area (TPSA) is 87.2 Å². The first kappa shape index (κ1) is 24.3. The average molecular weight is 501 g/mol. The minimum absolute atomic E-state index is 0.0494. The van der Waals surface area contributed by atoms with Gasteiger partial charge in [-0.2, -0.15) is 0 Å². The summed E-state index contributed by atoms with van der Waals surface area (Å²) in [5.41, 5.74) is -1.70. The number of carbonyl (C=O) groups is 1. The quantitative estimate of drug-likeness (QED) is 0.542. The summed E-state index contributed by atoms with van der Waals surface area (Å²) in [7, 11) is 1.99. The molecule has 1 aromatic heterocycles. The largest absolute Gasteiger partial charge is 0.348 e. The van der Waals surface area contributed by atoms with Gasteiger partial charge in [0.05, 0.1) is 16.9 Å². The summed E-state index contributed by atoms with van der Waals surface area (Å²) in [6.07, 6.45) is 3.73. The number of nitrogens with one attached hydrogen (secondary N) is 2. The first-order valence-electron chi connectivity index (χ1n) is 12.0. The molecule has 1 amide bonds. The highest BCUT2D eigenvalue weighted by Crippen LogP contribution is 2.49. The van der Waals surface area contributed by atoms with Crippen LogP contribution < -0.4 is 16.6 Å². The van der Waals surface area contributed by atoms with Crippen molar-refractivity contribution in [1.82, 2.24) is 19.8 Å². The number of fused-ring (bicyclic) bond motifs is 3. The Morgan fingerprint density at radius 1 is 1.11 bits per heavy atom. The summed E-state index contributed by atoms with van der Waals surface area (Å²) in [5, 5.41) is 2.66. The number of aromatic nitrogens is 2. The molecular weight excluding hydrogens is 473 g/mol. The van der Waals surface area contributed by atoms with Crippen molar-refractivity contribution in [3.8, 4) is 0 Å². The van der Waals surface area contributed by atoms with E-state index >= 15 is 0 Å². The van der Waals surface area contributed by atoms with Crippen LogP contribution >= 0.6 is 0 Å². The second-order valence-electron chi connectivity index (χ2n) is 9.98. The van der Waals surface area contributed by atoms with E-state index in [1.54, 1.807) is 6.92 Å². The van der Waals surface area contributed by atoms with Gasteiger partial charge in [0.15, 0.2) is 0 Å². The summed E-state index contributed by atoms with van der Waals surface area (Å²) >= 11 is 0. The van der Waals surface area contributed by atoms with Crippen molar-refractivity contribution in [2.45, 2.75) is 62.7 Å². The van der Waals surface area contributed by atoms with Gasteiger partial charge in [-0.1, -0.05) is 6.07 Å². The highest BCUT2D eigenvalue weighted by Gasteiger charge is 2.51. The number of rotatable bonds is 6. The van der Waals surface area contributed by atoms with Gasteiger partial charge in [0.1, 0.15) is 23.5 Å². The zero-order valence-corrected chi connectivity index (χ0v) is 20.0. The van der Waals surface area contributed by atoms with Gasteiger partial charge in [0, 0.05) is 23.2 Å². The second-order valence-corrected chi connectivity index (χ2v) is 9.98. The summed E-state index contributed by atoms with van der Waals surface area (Å²) in [5.74, 6) is -2.85.